The molecule has 2 amide bonds. The van der Waals surface area contributed by atoms with Crippen molar-refractivity contribution in [3.8, 4) is 0 Å². The van der Waals surface area contributed by atoms with Crippen molar-refractivity contribution in [1.82, 2.24) is 9.80 Å². The number of benzene rings is 2. The Morgan fingerprint density at radius 3 is 2.30 bits per heavy atom. The van der Waals surface area contributed by atoms with Gasteiger partial charge in [-0.05, 0) is 42.4 Å². The number of hydrogen-bond acceptors (Lipinski definition) is 2. The minimum Gasteiger partial charge on any atom is -0.338 e. The molecule has 0 N–H and O–H groups in total. The Bertz CT molecular complexity index is 791. The van der Waals surface area contributed by atoms with Crippen LogP contribution in [0.3, 0.4) is 0 Å². The summed E-state index contributed by atoms with van der Waals surface area (Å²) in [6.45, 7) is 2.99. The highest BCUT2D eigenvalue weighted by atomic mass is 16.2. The minimum absolute atomic E-state index is 0.116. The fourth-order valence-corrected chi connectivity index (χ4v) is 4.40. The van der Waals surface area contributed by atoms with Gasteiger partial charge in [-0.3, -0.25) is 9.59 Å². The molecule has 0 bridgehead atoms. The molecule has 2 aliphatic rings. The van der Waals surface area contributed by atoms with Crippen LogP contribution in [-0.2, 0) is 11.3 Å². The number of piperidine rings is 1. The van der Waals surface area contributed by atoms with E-state index in [2.05, 4.69) is 12.1 Å². The van der Waals surface area contributed by atoms with Crippen LogP contribution in [0.5, 0.6) is 0 Å². The van der Waals surface area contributed by atoms with E-state index in [0.717, 1.165) is 38.0 Å². The highest BCUT2D eigenvalue weighted by Gasteiger charge is 2.36. The number of carbonyl (C=O) groups is 2. The summed E-state index contributed by atoms with van der Waals surface area (Å²) in [6.07, 6.45) is 2.51. The first kappa shape index (κ1) is 17.8. The predicted octanol–water partition coefficient (Wildman–Crippen LogP) is 3.59. The molecular formula is C23H26N2O2. The fourth-order valence-electron chi connectivity index (χ4n) is 4.40. The molecule has 4 rings (SSSR count). The Labute approximate surface area is 160 Å². The lowest BCUT2D eigenvalue weighted by Crippen LogP contribution is -2.43. The van der Waals surface area contributed by atoms with E-state index in [4.69, 9.17) is 0 Å². The zero-order chi connectivity index (χ0) is 18.6. The average molecular weight is 362 g/mol. The number of nitrogens with zero attached hydrogens (tertiary/aromatic N) is 2. The molecule has 4 heteroatoms. The summed E-state index contributed by atoms with van der Waals surface area (Å²) < 4.78 is 0. The van der Waals surface area contributed by atoms with Crippen molar-refractivity contribution in [1.29, 1.82) is 0 Å². The molecule has 2 atom stereocenters. The maximum absolute atomic E-state index is 12.8. The number of rotatable bonds is 3. The highest BCUT2D eigenvalue weighted by molar-refractivity contribution is 5.94. The molecule has 4 nitrogen and oxygen atoms in total. The van der Waals surface area contributed by atoms with E-state index in [1.54, 1.807) is 0 Å². The molecule has 2 fully saturated rings. The lowest BCUT2D eigenvalue weighted by molar-refractivity contribution is -0.132. The molecule has 2 saturated heterocycles. The van der Waals surface area contributed by atoms with Crippen LogP contribution >= 0.6 is 0 Å². The Kier molecular flexibility index (Phi) is 5.23. The fraction of sp³-hybridized carbons (Fsp3) is 0.391. The quantitative estimate of drug-likeness (QED) is 0.837. The molecule has 27 heavy (non-hydrogen) atoms. The maximum Gasteiger partial charge on any atom is 0.253 e. The van der Waals surface area contributed by atoms with Crippen LogP contribution in [0.2, 0.25) is 0 Å². The number of carbonyl (C=O) groups excluding carboxylic acids is 2. The van der Waals surface area contributed by atoms with Crippen molar-refractivity contribution < 1.29 is 9.59 Å². The van der Waals surface area contributed by atoms with Gasteiger partial charge in [0.2, 0.25) is 5.91 Å². The molecule has 0 spiro atoms. The Morgan fingerprint density at radius 1 is 0.889 bits per heavy atom. The summed E-state index contributed by atoms with van der Waals surface area (Å²) in [6, 6.07) is 19.7. The van der Waals surface area contributed by atoms with Gasteiger partial charge in [-0.15, -0.1) is 0 Å². The summed E-state index contributed by atoms with van der Waals surface area (Å²) in [5, 5.41) is 0. The number of hydrogen-bond donors (Lipinski definition) is 0. The smallest absolute Gasteiger partial charge is 0.253 e. The summed E-state index contributed by atoms with van der Waals surface area (Å²) in [4.78, 5) is 29.5. The zero-order valence-electron chi connectivity index (χ0n) is 15.6. The number of likely N-dealkylation sites (tertiary alicyclic amines) is 2. The summed E-state index contributed by atoms with van der Waals surface area (Å²) in [5.41, 5.74) is 1.93. The van der Waals surface area contributed by atoms with Crippen LogP contribution in [0, 0.1) is 11.8 Å². The van der Waals surface area contributed by atoms with Crippen molar-refractivity contribution in [2.45, 2.75) is 25.8 Å². The molecule has 140 valence electrons. The third kappa shape index (κ3) is 4.05. The first-order chi connectivity index (χ1) is 13.2. The molecule has 0 aliphatic carbocycles. The van der Waals surface area contributed by atoms with Gasteiger partial charge in [-0.1, -0.05) is 48.5 Å². The van der Waals surface area contributed by atoms with Crippen LogP contribution < -0.4 is 0 Å². The molecular weight excluding hydrogens is 336 g/mol. The third-order valence-corrected chi connectivity index (χ3v) is 5.97. The van der Waals surface area contributed by atoms with Gasteiger partial charge in [-0.2, -0.15) is 0 Å². The van der Waals surface area contributed by atoms with Crippen molar-refractivity contribution in [3.63, 3.8) is 0 Å². The van der Waals surface area contributed by atoms with E-state index in [1.807, 2.05) is 58.3 Å². The molecule has 2 aromatic rings. The van der Waals surface area contributed by atoms with E-state index in [-0.39, 0.29) is 11.8 Å². The van der Waals surface area contributed by atoms with E-state index in [1.165, 1.54) is 5.56 Å². The van der Waals surface area contributed by atoms with Gasteiger partial charge in [0.15, 0.2) is 0 Å². The molecule has 0 aromatic heterocycles. The molecule has 0 radical (unpaired) electrons. The molecule has 2 aliphatic heterocycles. The first-order valence-electron chi connectivity index (χ1n) is 9.87. The summed E-state index contributed by atoms with van der Waals surface area (Å²) >= 11 is 0. The standard InChI is InChI=1S/C23H26N2O2/c26-22-15-20-11-14-25(23(27)19-9-5-2-6-10-19)17-21(20)12-13-24(22)16-18-7-3-1-4-8-18/h1-10,20-21H,11-17H2/t20-,21-/m0/s1. The lowest BCUT2D eigenvalue weighted by Gasteiger charge is -2.37. The second-order valence-corrected chi connectivity index (χ2v) is 7.72. The minimum atomic E-state index is 0.116. The monoisotopic (exact) mass is 362 g/mol. The van der Waals surface area contributed by atoms with Crippen molar-refractivity contribution in [2.24, 2.45) is 11.8 Å². The number of amides is 2. The molecule has 2 aromatic carbocycles. The van der Waals surface area contributed by atoms with Gasteiger partial charge in [0.05, 0.1) is 0 Å². The van der Waals surface area contributed by atoms with Crippen LogP contribution in [0.25, 0.3) is 0 Å². The van der Waals surface area contributed by atoms with Gasteiger partial charge in [0.1, 0.15) is 0 Å². The molecule has 2 heterocycles. The van der Waals surface area contributed by atoms with Crippen molar-refractivity contribution in [2.75, 3.05) is 19.6 Å². The SMILES string of the molecule is O=C1C[C@@H]2CCN(C(=O)c3ccccc3)C[C@@H]2CCN1Cc1ccccc1. The highest BCUT2D eigenvalue weighted by Crippen LogP contribution is 2.33. The van der Waals surface area contributed by atoms with Gasteiger partial charge >= 0.3 is 0 Å². The van der Waals surface area contributed by atoms with Crippen molar-refractivity contribution in [3.05, 3.63) is 71.8 Å². The lowest BCUT2D eigenvalue weighted by atomic mass is 9.82. The van der Waals surface area contributed by atoms with E-state index >= 15 is 0 Å². The Balaban J connectivity index is 1.41. The Hall–Kier alpha value is -2.62. The normalized spacial score (nSPS) is 22.9. The second kappa shape index (κ2) is 7.95. The van der Waals surface area contributed by atoms with Gasteiger partial charge < -0.3 is 9.80 Å². The maximum atomic E-state index is 12.8. The topological polar surface area (TPSA) is 40.6 Å². The predicted molar refractivity (Wildman–Crippen MR) is 105 cm³/mol. The van der Waals surface area contributed by atoms with Crippen LogP contribution in [-0.4, -0.2) is 41.2 Å². The van der Waals surface area contributed by atoms with Crippen LogP contribution in [0.15, 0.2) is 60.7 Å². The zero-order valence-corrected chi connectivity index (χ0v) is 15.6. The van der Waals surface area contributed by atoms with Gasteiger partial charge in [0, 0.05) is 38.2 Å². The third-order valence-electron chi connectivity index (χ3n) is 5.97. The molecule has 0 unspecified atom stereocenters. The summed E-state index contributed by atoms with van der Waals surface area (Å²) in [5.74, 6) is 1.19. The van der Waals surface area contributed by atoms with Gasteiger partial charge in [0.25, 0.3) is 5.91 Å². The van der Waals surface area contributed by atoms with Gasteiger partial charge in [-0.25, -0.2) is 0 Å². The number of fused-ring (bicyclic) bond motifs is 1. The molecule has 0 saturated carbocycles. The Morgan fingerprint density at radius 2 is 1.56 bits per heavy atom. The first-order valence-corrected chi connectivity index (χ1v) is 9.87. The van der Waals surface area contributed by atoms with Crippen LogP contribution in [0.1, 0.15) is 35.2 Å². The van der Waals surface area contributed by atoms with Crippen molar-refractivity contribution >= 4 is 11.8 Å². The van der Waals surface area contributed by atoms with E-state index in [0.29, 0.717) is 24.8 Å². The van der Waals surface area contributed by atoms with E-state index in [9.17, 15) is 9.59 Å². The largest absolute Gasteiger partial charge is 0.338 e. The summed E-state index contributed by atoms with van der Waals surface area (Å²) in [7, 11) is 0. The average Bonchev–Trinajstić information content (AvgIpc) is 2.87. The van der Waals surface area contributed by atoms with Crippen LogP contribution in [0.4, 0.5) is 0 Å². The second-order valence-electron chi connectivity index (χ2n) is 7.72. The van der Waals surface area contributed by atoms with E-state index < -0.39 is 0 Å².